The van der Waals surface area contributed by atoms with Crippen LogP contribution < -0.4 is 4.72 Å². The van der Waals surface area contributed by atoms with Crippen LogP contribution in [-0.2, 0) is 15.8 Å². The van der Waals surface area contributed by atoms with Gasteiger partial charge in [0.25, 0.3) is 0 Å². The van der Waals surface area contributed by atoms with Crippen LogP contribution in [0.15, 0.2) is 16.9 Å². The van der Waals surface area contributed by atoms with Gasteiger partial charge in [0.15, 0.2) is 0 Å². The van der Waals surface area contributed by atoms with E-state index in [2.05, 4.69) is 28.2 Å². The number of nitrogens with one attached hydrogen (secondary N) is 1. The molecule has 104 valence electrons. The molecule has 1 aromatic heterocycles. The molecule has 6 heteroatoms. The van der Waals surface area contributed by atoms with Crippen molar-refractivity contribution in [3.8, 4) is 0 Å². The molecule has 1 unspecified atom stereocenters. The molecule has 0 amide bonds. The summed E-state index contributed by atoms with van der Waals surface area (Å²) in [6.07, 6.45) is 4.38. The van der Waals surface area contributed by atoms with Crippen molar-refractivity contribution in [3.05, 3.63) is 18.0 Å². The van der Waals surface area contributed by atoms with E-state index in [0.29, 0.717) is 11.6 Å². The summed E-state index contributed by atoms with van der Waals surface area (Å²) >= 11 is 0. The maximum absolute atomic E-state index is 11.8. The van der Waals surface area contributed by atoms with Crippen molar-refractivity contribution in [1.82, 2.24) is 9.88 Å². The van der Waals surface area contributed by atoms with E-state index >= 15 is 0 Å². The molecule has 0 radical (unpaired) electrons. The Morgan fingerprint density at radius 2 is 2.06 bits per heavy atom. The van der Waals surface area contributed by atoms with E-state index in [0.717, 1.165) is 19.3 Å². The summed E-state index contributed by atoms with van der Waals surface area (Å²) in [5, 5.41) is 3.60. The Bertz CT molecular complexity index is 426. The molecule has 0 bridgehead atoms. The third-order valence-electron chi connectivity index (χ3n) is 2.63. The molecule has 1 aromatic rings. The van der Waals surface area contributed by atoms with Crippen LogP contribution in [-0.4, -0.2) is 19.6 Å². The van der Waals surface area contributed by atoms with Gasteiger partial charge in [-0.1, -0.05) is 31.8 Å². The highest BCUT2D eigenvalue weighted by Crippen LogP contribution is 2.10. The number of rotatable bonds is 8. The summed E-state index contributed by atoms with van der Waals surface area (Å²) in [5.74, 6) is 0.529. The van der Waals surface area contributed by atoms with E-state index in [1.54, 1.807) is 6.07 Å². The minimum atomic E-state index is -3.33. The molecule has 0 aromatic carbocycles. The van der Waals surface area contributed by atoms with Gasteiger partial charge in [0, 0.05) is 12.1 Å². The Morgan fingerprint density at radius 1 is 1.33 bits per heavy atom. The number of sulfonamides is 1. The van der Waals surface area contributed by atoms with E-state index in [1.807, 2.05) is 6.92 Å². The van der Waals surface area contributed by atoms with E-state index in [4.69, 9.17) is 0 Å². The highest BCUT2D eigenvalue weighted by atomic mass is 32.2. The monoisotopic (exact) mass is 274 g/mol. The molecule has 0 saturated heterocycles. The largest absolute Gasteiger partial charge is 0.364 e. The van der Waals surface area contributed by atoms with Gasteiger partial charge in [0.2, 0.25) is 10.0 Å². The van der Waals surface area contributed by atoms with Crippen molar-refractivity contribution in [2.24, 2.45) is 5.92 Å². The minimum Gasteiger partial charge on any atom is -0.364 e. The molecule has 0 aliphatic carbocycles. The van der Waals surface area contributed by atoms with Gasteiger partial charge >= 0.3 is 0 Å². The maximum Gasteiger partial charge on any atom is 0.217 e. The SMILES string of the molecule is CC(C)CCCC(C)NS(=O)(=O)Cc1ccon1. The van der Waals surface area contributed by atoms with E-state index in [9.17, 15) is 8.42 Å². The Kier molecular flexibility index (Phi) is 5.81. The quantitative estimate of drug-likeness (QED) is 0.789. The highest BCUT2D eigenvalue weighted by molar-refractivity contribution is 7.88. The molecule has 1 rings (SSSR count). The summed E-state index contributed by atoms with van der Waals surface area (Å²) < 4.78 is 30.9. The van der Waals surface area contributed by atoms with Crippen molar-refractivity contribution in [1.29, 1.82) is 0 Å². The van der Waals surface area contributed by atoms with Crippen LogP contribution in [0.3, 0.4) is 0 Å². The van der Waals surface area contributed by atoms with Gasteiger partial charge in [-0.15, -0.1) is 0 Å². The number of nitrogens with zero attached hydrogens (tertiary/aromatic N) is 1. The second-order valence-corrected chi connectivity index (χ2v) is 6.85. The van der Waals surface area contributed by atoms with Crippen LogP contribution in [0.4, 0.5) is 0 Å². The van der Waals surface area contributed by atoms with Crippen molar-refractivity contribution in [3.63, 3.8) is 0 Å². The van der Waals surface area contributed by atoms with E-state index in [1.165, 1.54) is 6.26 Å². The first-order valence-electron chi connectivity index (χ1n) is 6.28. The maximum atomic E-state index is 11.8. The minimum absolute atomic E-state index is 0.0411. The van der Waals surface area contributed by atoms with Gasteiger partial charge < -0.3 is 4.52 Å². The van der Waals surface area contributed by atoms with E-state index < -0.39 is 10.0 Å². The molecular weight excluding hydrogens is 252 g/mol. The Hall–Kier alpha value is -0.880. The zero-order valence-corrected chi connectivity index (χ0v) is 12.0. The van der Waals surface area contributed by atoms with Crippen LogP contribution in [0.25, 0.3) is 0 Å². The molecule has 1 atom stereocenters. The van der Waals surface area contributed by atoms with Gasteiger partial charge in [-0.2, -0.15) is 0 Å². The van der Waals surface area contributed by atoms with Gasteiger partial charge in [0.05, 0.1) is 5.69 Å². The Morgan fingerprint density at radius 3 is 2.61 bits per heavy atom. The van der Waals surface area contributed by atoms with Crippen molar-refractivity contribution < 1.29 is 12.9 Å². The van der Waals surface area contributed by atoms with Gasteiger partial charge in [0.1, 0.15) is 12.0 Å². The van der Waals surface area contributed by atoms with Crippen LogP contribution in [0.5, 0.6) is 0 Å². The molecule has 0 spiro atoms. The van der Waals surface area contributed by atoms with Crippen LogP contribution in [0.2, 0.25) is 0 Å². The summed E-state index contributed by atoms with van der Waals surface area (Å²) in [5.41, 5.74) is 0.428. The Labute approximate surface area is 109 Å². The molecule has 18 heavy (non-hydrogen) atoms. The fraction of sp³-hybridized carbons (Fsp3) is 0.750. The van der Waals surface area contributed by atoms with Crippen molar-refractivity contribution in [2.45, 2.75) is 51.8 Å². The Balaban J connectivity index is 2.35. The smallest absolute Gasteiger partial charge is 0.217 e. The summed E-state index contributed by atoms with van der Waals surface area (Å²) in [6, 6.07) is 1.52. The zero-order valence-electron chi connectivity index (χ0n) is 11.2. The molecule has 0 aliphatic rings. The first kappa shape index (κ1) is 15.2. The third kappa shape index (κ3) is 6.16. The lowest BCUT2D eigenvalue weighted by atomic mass is 10.0. The lowest BCUT2D eigenvalue weighted by molar-refractivity contribution is 0.413. The lowest BCUT2D eigenvalue weighted by Crippen LogP contribution is -2.33. The molecule has 1 N–H and O–H groups in total. The average Bonchev–Trinajstić information content (AvgIpc) is 2.67. The zero-order chi connectivity index (χ0) is 13.6. The van der Waals surface area contributed by atoms with Crippen LogP contribution >= 0.6 is 0 Å². The number of aromatic nitrogens is 1. The summed E-state index contributed by atoms with van der Waals surface area (Å²) in [7, 11) is -3.33. The molecule has 5 nitrogen and oxygen atoms in total. The summed E-state index contributed by atoms with van der Waals surface area (Å²) in [4.78, 5) is 0. The molecule has 1 heterocycles. The predicted octanol–water partition coefficient (Wildman–Crippen LogP) is 2.31. The average molecular weight is 274 g/mol. The number of hydrogen-bond donors (Lipinski definition) is 1. The standard InChI is InChI=1S/C12H22N2O3S/c1-10(2)5-4-6-11(3)14-18(15,16)9-12-7-8-17-13-12/h7-8,10-11,14H,4-6,9H2,1-3H3. The van der Waals surface area contributed by atoms with Crippen molar-refractivity contribution >= 4 is 10.0 Å². The second-order valence-electron chi connectivity index (χ2n) is 5.09. The van der Waals surface area contributed by atoms with E-state index in [-0.39, 0.29) is 11.8 Å². The lowest BCUT2D eigenvalue weighted by Gasteiger charge is -2.14. The fourth-order valence-electron chi connectivity index (χ4n) is 1.75. The van der Waals surface area contributed by atoms with Crippen LogP contribution in [0, 0.1) is 5.92 Å². The van der Waals surface area contributed by atoms with Crippen LogP contribution in [0.1, 0.15) is 45.7 Å². The number of hydrogen-bond acceptors (Lipinski definition) is 4. The topological polar surface area (TPSA) is 72.2 Å². The predicted molar refractivity (Wildman–Crippen MR) is 70.4 cm³/mol. The summed E-state index contributed by atoms with van der Waals surface area (Å²) in [6.45, 7) is 6.22. The van der Waals surface area contributed by atoms with Crippen molar-refractivity contribution in [2.75, 3.05) is 0 Å². The third-order valence-corrected chi connectivity index (χ3v) is 4.07. The molecule has 0 fully saturated rings. The first-order valence-corrected chi connectivity index (χ1v) is 7.93. The fourth-order valence-corrected chi connectivity index (χ4v) is 3.10. The molecule has 0 saturated carbocycles. The highest BCUT2D eigenvalue weighted by Gasteiger charge is 2.16. The van der Waals surface area contributed by atoms with Gasteiger partial charge in [-0.25, -0.2) is 13.1 Å². The molecule has 0 aliphatic heterocycles. The first-order chi connectivity index (χ1) is 8.39. The van der Waals surface area contributed by atoms with Gasteiger partial charge in [-0.05, 0) is 19.3 Å². The van der Waals surface area contributed by atoms with Gasteiger partial charge in [-0.3, -0.25) is 0 Å². The normalized spacial score (nSPS) is 14.0. The second kappa shape index (κ2) is 6.89. The molecular formula is C12H22N2O3S.